The second-order valence-corrected chi connectivity index (χ2v) is 7.18. The fourth-order valence-corrected chi connectivity index (χ4v) is 3.18. The minimum absolute atomic E-state index is 0.0225. The third-order valence-corrected chi connectivity index (χ3v) is 4.85. The number of halogens is 3. The zero-order valence-corrected chi connectivity index (χ0v) is 17.3. The summed E-state index contributed by atoms with van der Waals surface area (Å²) in [5.41, 5.74) is 2.07. The van der Waals surface area contributed by atoms with Crippen LogP contribution in [-0.4, -0.2) is 38.0 Å². The fourth-order valence-electron chi connectivity index (χ4n) is 3.18. The molecule has 31 heavy (non-hydrogen) atoms. The van der Waals surface area contributed by atoms with E-state index in [4.69, 9.17) is 0 Å². The Morgan fingerprint density at radius 2 is 1.74 bits per heavy atom. The Balaban J connectivity index is 1.57. The topological polar surface area (TPSA) is 68.8 Å². The monoisotopic (exact) mass is 433 g/mol. The van der Waals surface area contributed by atoms with Crippen molar-refractivity contribution in [2.45, 2.75) is 26.2 Å². The lowest BCUT2D eigenvalue weighted by molar-refractivity contribution is -0.137. The van der Waals surface area contributed by atoms with E-state index in [1.165, 1.54) is 12.1 Å². The highest BCUT2D eigenvalue weighted by Gasteiger charge is 2.29. The first-order valence-corrected chi connectivity index (χ1v) is 10.1. The van der Waals surface area contributed by atoms with E-state index < -0.39 is 11.7 Å². The van der Waals surface area contributed by atoms with Gasteiger partial charge in [0.2, 0.25) is 5.91 Å². The van der Waals surface area contributed by atoms with Crippen molar-refractivity contribution < 1.29 is 18.0 Å². The first kappa shape index (κ1) is 22.5. The smallest absolute Gasteiger partial charge is 0.360 e. The highest BCUT2D eigenvalue weighted by molar-refractivity contribution is 5.82. The molecule has 0 atom stereocenters. The van der Waals surface area contributed by atoms with E-state index in [-0.39, 0.29) is 5.91 Å². The first-order valence-electron chi connectivity index (χ1n) is 10.1. The number of benzene rings is 2. The zero-order valence-electron chi connectivity index (χ0n) is 17.3. The average Bonchev–Trinajstić information content (AvgIpc) is 2.76. The fraction of sp³-hybridized carbons (Fsp3) is 0.364. The van der Waals surface area contributed by atoms with Crippen LogP contribution >= 0.6 is 0 Å². The number of aliphatic imine (C=N–C) groups is 1. The Morgan fingerprint density at radius 3 is 2.35 bits per heavy atom. The summed E-state index contributed by atoms with van der Waals surface area (Å²) in [5, 5.41) is 9.08. The van der Waals surface area contributed by atoms with E-state index in [1.54, 1.807) is 0 Å². The largest absolute Gasteiger partial charge is 0.416 e. The number of hydrogen-bond donors (Lipinski definition) is 3. The standard InChI is InChI=1S/C22H26F3N5O/c1-2-26-21(28-13-16-3-7-18(8-4-16)22(23,24)25)29-14-17-5-9-19(10-6-17)30-12-11-27-20(31)15-30/h3-10H,2,11-15H2,1H3,(H,27,31)(H2,26,28,29). The number of nitrogens with zero attached hydrogens (tertiary/aromatic N) is 2. The number of carbonyl (C=O) groups excluding carboxylic acids is 1. The molecular formula is C22H26F3N5O. The van der Waals surface area contributed by atoms with Gasteiger partial charge in [0.1, 0.15) is 0 Å². The predicted molar refractivity (Wildman–Crippen MR) is 115 cm³/mol. The summed E-state index contributed by atoms with van der Waals surface area (Å²) in [6, 6.07) is 13.0. The van der Waals surface area contributed by atoms with Crippen LogP contribution < -0.4 is 20.9 Å². The number of rotatable bonds is 6. The van der Waals surface area contributed by atoms with E-state index in [0.717, 1.165) is 35.5 Å². The molecule has 6 nitrogen and oxygen atoms in total. The first-order chi connectivity index (χ1) is 14.8. The number of hydrogen-bond acceptors (Lipinski definition) is 3. The van der Waals surface area contributed by atoms with Crippen molar-refractivity contribution in [3.05, 3.63) is 65.2 Å². The summed E-state index contributed by atoms with van der Waals surface area (Å²) in [7, 11) is 0. The van der Waals surface area contributed by atoms with Crippen molar-refractivity contribution in [1.82, 2.24) is 16.0 Å². The van der Waals surface area contributed by atoms with Crippen molar-refractivity contribution in [3.63, 3.8) is 0 Å². The highest BCUT2D eigenvalue weighted by Crippen LogP contribution is 2.29. The summed E-state index contributed by atoms with van der Waals surface area (Å²) < 4.78 is 38.0. The Kier molecular flexibility index (Phi) is 7.38. The molecule has 1 heterocycles. The van der Waals surface area contributed by atoms with Crippen molar-refractivity contribution in [3.8, 4) is 0 Å². The lowest BCUT2D eigenvalue weighted by atomic mass is 10.1. The van der Waals surface area contributed by atoms with Gasteiger partial charge in [-0.05, 0) is 42.3 Å². The third kappa shape index (κ3) is 6.63. The van der Waals surface area contributed by atoms with Crippen LogP contribution in [0.5, 0.6) is 0 Å². The minimum atomic E-state index is -4.34. The molecule has 0 radical (unpaired) electrons. The molecule has 2 aromatic carbocycles. The molecule has 1 aliphatic heterocycles. The second-order valence-electron chi connectivity index (χ2n) is 7.18. The number of guanidine groups is 1. The number of alkyl halides is 3. The molecule has 1 saturated heterocycles. The third-order valence-electron chi connectivity index (χ3n) is 4.85. The molecule has 1 fully saturated rings. The van der Waals surface area contributed by atoms with Gasteiger partial charge in [-0.1, -0.05) is 24.3 Å². The number of piperazine rings is 1. The maximum atomic E-state index is 12.7. The number of nitrogens with one attached hydrogen (secondary N) is 3. The molecule has 166 valence electrons. The van der Waals surface area contributed by atoms with Gasteiger partial charge >= 0.3 is 6.18 Å². The molecular weight excluding hydrogens is 407 g/mol. The van der Waals surface area contributed by atoms with Crippen LogP contribution in [0, 0.1) is 0 Å². The Hall–Kier alpha value is -3.23. The van der Waals surface area contributed by atoms with Gasteiger partial charge in [0, 0.05) is 31.9 Å². The van der Waals surface area contributed by atoms with Crippen LogP contribution in [0.1, 0.15) is 23.6 Å². The molecule has 0 aromatic heterocycles. The molecule has 1 amide bonds. The van der Waals surface area contributed by atoms with Gasteiger partial charge in [-0.15, -0.1) is 0 Å². The molecule has 1 aliphatic rings. The van der Waals surface area contributed by atoms with Gasteiger partial charge in [-0.25, -0.2) is 4.99 Å². The normalized spacial score (nSPS) is 14.9. The molecule has 3 rings (SSSR count). The van der Waals surface area contributed by atoms with Gasteiger partial charge < -0.3 is 20.9 Å². The highest BCUT2D eigenvalue weighted by atomic mass is 19.4. The van der Waals surface area contributed by atoms with Crippen LogP contribution in [0.15, 0.2) is 53.5 Å². The van der Waals surface area contributed by atoms with Crippen LogP contribution in [-0.2, 0) is 24.1 Å². The molecule has 9 heteroatoms. The molecule has 2 aromatic rings. The van der Waals surface area contributed by atoms with Crippen molar-refractivity contribution in [1.29, 1.82) is 0 Å². The van der Waals surface area contributed by atoms with Crippen molar-refractivity contribution in [2.75, 3.05) is 31.1 Å². The number of anilines is 1. The summed E-state index contributed by atoms with van der Waals surface area (Å²) in [6.45, 7) is 5.19. The van der Waals surface area contributed by atoms with Gasteiger partial charge in [0.15, 0.2) is 5.96 Å². The zero-order chi connectivity index (χ0) is 22.3. The van der Waals surface area contributed by atoms with E-state index >= 15 is 0 Å². The summed E-state index contributed by atoms with van der Waals surface area (Å²) in [6.07, 6.45) is -4.34. The van der Waals surface area contributed by atoms with Crippen LogP contribution in [0.25, 0.3) is 0 Å². The number of carbonyl (C=O) groups is 1. The maximum absolute atomic E-state index is 12.7. The quantitative estimate of drug-likeness (QED) is 0.484. The SMILES string of the molecule is CCNC(=NCc1ccc(N2CCNC(=O)C2)cc1)NCc1ccc(C(F)(F)F)cc1. The van der Waals surface area contributed by atoms with Crippen molar-refractivity contribution in [2.24, 2.45) is 4.99 Å². The molecule has 0 unspecified atom stereocenters. The molecule has 0 spiro atoms. The van der Waals surface area contributed by atoms with Crippen LogP contribution in [0.2, 0.25) is 0 Å². The van der Waals surface area contributed by atoms with Gasteiger partial charge in [0.25, 0.3) is 0 Å². The van der Waals surface area contributed by atoms with Gasteiger partial charge in [-0.3, -0.25) is 4.79 Å². The lowest BCUT2D eigenvalue weighted by Gasteiger charge is -2.28. The molecule has 3 N–H and O–H groups in total. The van der Waals surface area contributed by atoms with E-state index in [9.17, 15) is 18.0 Å². The van der Waals surface area contributed by atoms with E-state index in [1.807, 2.05) is 36.1 Å². The Morgan fingerprint density at radius 1 is 1.06 bits per heavy atom. The Labute approximate surface area is 179 Å². The van der Waals surface area contributed by atoms with Crippen LogP contribution in [0.3, 0.4) is 0 Å². The molecule has 0 bridgehead atoms. The number of amides is 1. The average molecular weight is 433 g/mol. The Bertz CT molecular complexity index is 895. The summed E-state index contributed by atoms with van der Waals surface area (Å²) in [5.74, 6) is 0.605. The lowest BCUT2D eigenvalue weighted by Crippen LogP contribution is -2.47. The minimum Gasteiger partial charge on any atom is -0.360 e. The maximum Gasteiger partial charge on any atom is 0.416 e. The van der Waals surface area contributed by atoms with Crippen molar-refractivity contribution >= 4 is 17.6 Å². The van der Waals surface area contributed by atoms with Crippen LogP contribution in [0.4, 0.5) is 18.9 Å². The predicted octanol–water partition coefficient (Wildman–Crippen LogP) is 2.90. The molecule has 0 aliphatic carbocycles. The van der Waals surface area contributed by atoms with Gasteiger partial charge in [-0.2, -0.15) is 13.2 Å². The summed E-state index contributed by atoms with van der Waals surface area (Å²) >= 11 is 0. The van der Waals surface area contributed by atoms with E-state index in [2.05, 4.69) is 20.9 Å². The van der Waals surface area contributed by atoms with E-state index in [0.29, 0.717) is 38.7 Å². The molecule has 0 saturated carbocycles. The second kappa shape index (κ2) is 10.2. The summed E-state index contributed by atoms with van der Waals surface area (Å²) in [4.78, 5) is 18.1. The van der Waals surface area contributed by atoms with Gasteiger partial charge in [0.05, 0.1) is 18.7 Å².